The Kier molecular flexibility index (Phi) is 3.83. The molecule has 3 rings (SSSR count). The highest BCUT2D eigenvalue weighted by atomic mass is 79.9. The second-order valence-corrected chi connectivity index (χ2v) is 8.15. The van der Waals surface area contributed by atoms with Gasteiger partial charge in [-0.25, -0.2) is 4.79 Å². The number of hydrogen-bond acceptors (Lipinski definition) is 3. The molecular weight excluding hydrogens is 348 g/mol. The average Bonchev–Trinajstić information content (AvgIpc) is 2.38. The van der Waals surface area contributed by atoms with Gasteiger partial charge in [-0.3, -0.25) is 4.79 Å². The Balaban J connectivity index is 1.85. The normalized spacial score (nSPS) is 23.9. The second kappa shape index (κ2) is 5.41. The largest absolute Gasteiger partial charge is 0.444 e. The molecule has 1 aromatic heterocycles. The van der Waals surface area contributed by atoms with Crippen molar-refractivity contribution in [2.75, 3.05) is 13.1 Å². The minimum atomic E-state index is -0.485. The molecule has 1 saturated heterocycles. The molecule has 1 amide bonds. The minimum Gasteiger partial charge on any atom is -0.444 e. The molecule has 2 atom stereocenters. The van der Waals surface area contributed by atoms with Gasteiger partial charge in [0.05, 0.1) is 0 Å². The summed E-state index contributed by atoms with van der Waals surface area (Å²) in [5.74, 6) is 0.517. The summed E-state index contributed by atoms with van der Waals surface area (Å²) in [5.41, 5.74) is 0.565. The van der Waals surface area contributed by atoms with Gasteiger partial charge in [0.1, 0.15) is 5.60 Å². The molecule has 0 saturated carbocycles. The summed E-state index contributed by atoms with van der Waals surface area (Å²) in [5, 5.41) is 0. The van der Waals surface area contributed by atoms with E-state index in [2.05, 4.69) is 15.9 Å². The van der Waals surface area contributed by atoms with Crippen molar-refractivity contribution in [3.63, 3.8) is 0 Å². The van der Waals surface area contributed by atoms with Crippen LogP contribution in [0.1, 0.15) is 38.8 Å². The monoisotopic (exact) mass is 368 g/mol. The van der Waals surface area contributed by atoms with E-state index in [0.717, 1.165) is 16.6 Å². The molecule has 5 nitrogen and oxygen atoms in total. The molecule has 120 valence electrons. The van der Waals surface area contributed by atoms with Crippen LogP contribution in [0.5, 0.6) is 0 Å². The summed E-state index contributed by atoms with van der Waals surface area (Å²) in [6.45, 7) is 7.58. The Labute approximate surface area is 138 Å². The molecule has 0 aromatic carbocycles. The molecule has 0 unspecified atom stereocenters. The molecule has 2 aliphatic rings. The van der Waals surface area contributed by atoms with E-state index in [0.29, 0.717) is 25.6 Å². The Morgan fingerprint density at radius 3 is 2.68 bits per heavy atom. The second-order valence-electron chi connectivity index (χ2n) is 7.23. The van der Waals surface area contributed by atoms with Gasteiger partial charge >= 0.3 is 6.09 Å². The summed E-state index contributed by atoms with van der Waals surface area (Å²) >= 11 is 3.40. The van der Waals surface area contributed by atoms with Crippen LogP contribution in [-0.2, 0) is 11.3 Å². The average molecular weight is 369 g/mol. The van der Waals surface area contributed by atoms with E-state index in [4.69, 9.17) is 4.74 Å². The first-order chi connectivity index (χ1) is 10.2. The number of likely N-dealkylation sites (tertiary alicyclic amines) is 1. The lowest BCUT2D eigenvalue weighted by atomic mass is 9.83. The van der Waals surface area contributed by atoms with E-state index >= 15 is 0 Å². The maximum Gasteiger partial charge on any atom is 0.410 e. The van der Waals surface area contributed by atoms with Crippen LogP contribution in [0.15, 0.2) is 21.4 Å². The van der Waals surface area contributed by atoms with Crippen molar-refractivity contribution >= 4 is 22.0 Å². The predicted octanol–water partition coefficient (Wildman–Crippen LogP) is 2.97. The van der Waals surface area contributed by atoms with Crippen LogP contribution in [0.2, 0.25) is 0 Å². The van der Waals surface area contributed by atoms with Crippen molar-refractivity contribution in [2.45, 2.75) is 45.3 Å². The van der Waals surface area contributed by atoms with E-state index in [9.17, 15) is 9.59 Å². The highest BCUT2D eigenvalue weighted by Gasteiger charge is 2.37. The number of carbonyl (C=O) groups is 1. The maximum atomic E-state index is 12.3. The zero-order valence-corrected chi connectivity index (χ0v) is 14.7. The molecule has 2 aliphatic heterocycles. The maximum absolute atomic E-state index is 12.3. The van der Waals surface area contributed by atoms with Gasteiger partial charge in [0.25, 0.3) is 5.56 Å². The third kappa shape index (κ3) is 3.07. The Morgan fingerprint density at radius 2 is 2.00 bits per heavy atom. The lowest BCUT2D eigenvalue weighted by molar-refractivity contribution is 0.0102. The first-order valence-corrected chi connectivity index (χ1v) is 8.40. The van der Waals surface area contributed by atoms with Crippen molar-refractivity contribution < 1.29 is 9.53 Å². The smallest absolute Gasteiger partial charge is 0.410 e. The molecule has 3 heterocycles. The molecule has 6 heteroatoms. The highest BCUT2D eigenvalue weighted by Crippen LogP contribution is 2.36. The van der Waals surface area contributed by atoms with Gasteiger partial charge in [-0.15, -0.1) is 0 Å². The Bertz CT molecular complexity index is 662. The van der Waals surface area contributed by atoms with Gasteiger partial charge in [-0.05, 0) is 39.2 Å². The van der Waals surface area contributed by atoms with Gasteiger partial charge < -0.3 is 14.2 Å². The molecule has 0 N–H and O–H groups in total. The number of halogens is 1. The molecule has 2 bridgehead atoms. The summed E-state index contributed by atoms with van der Waals surface area (Å²) in [6, 6.07) is 3.61. The lowest BCUT2D eigenvalue weighted by Gasteiger charge is -2.42. The zero-order valence-electron chi connectivity index (χ0n) is 13.1. The molecule has 0 radical (unpaired) electrons. The van der Waals surface area contributed by atoms with E-state index in [1.165, 1.54) is 0 Å². The van der Waals surface area contributed by atoms with E-state index in [1.54, 1.807) is 11.0 Å². The first kappa shape index (κ1) is 15.6. The van der Waals surface area contributed by atoms with Crippen molar-refractivity contribution in [3.8, 4) is 0 Å². The predicted molar refractivity (Wildman–Crippen MR) is 87.1 cm³/mol. The fourth-order valence-corrected chi connectivity index (χ4v) is 3.83. The Morgan fingerprint density at radius 1 is 1.27 bits per heavy atom. The number of ether oxygens (including phenoxy) is 1. The molecule has 1 aromatic rings. The van der Waals surface area contributed by atoms with Crippen LogP contribution in [-0.4, -0.2) is 34.3 Å². The summed E-state index contributed by atoms with van der Waals surface area (Å²) in [4.78, 5) is 26.3. The molecule has 22 heavy (non-hydrogen) atoms. The number of aromatic nitrogens is 1. The highest BCUT2D eigenvalue weighted by molar-refractivity contribution is 9.10. The quantitative estimate of drug-likeness (QED) is 0.707. The van der Waals surface area contributed by atoms with E-state index in [-0.39, 0.29) is 17.6 Å². The fourth-order valence-electron chi connectivity index (χ4n) is 3.40. The van der Waals surface area contributed by atoms with Crippen molar-refractivity contribution in [3.05, 3.63) is 32.7 Å². The van der Waals surface area contributed by atoms with Gasteiger partial charge in [0.15, 0.2) is 0 Å². The van der Waals surface area contributed by atoms with Crippen LogP contribution in [0.4, 0.5) is 4.79 Å². The topological polar surface area (TPSA) is 51.5 Å². The van der Waals surface area contributed by atoms with Crippen LogP contribution >= 0.6 is 15.9 Å². The van der Waals surface area contributed by atoms with Crippen LogP contribution in [0.25, 0.3) is 0 Å². The number of rotatable bonds is 0. The number of pyridine rings is 1. The van der Waals surface area contributed by atoms with Crippen molar-refractivity contribution in [2.24, 2.45) is 5.92 Å². The molecular formula is C16H21BrN2O3. The van der Waals surface area contributed by atoms with E-state index in [1.807, 2.05) is 31.4 Å². The summed E-state index contributed by atoms with van der Waals surface area (Å²) in [7, 11) is 0. The van der Waals surface area contributed by atoms with Crippen LogP contribution in [0, 0.1) is 5.92 Å². The molecule has 0 spiro atoms. The number of hydrogen-bond donors (Lipinski definition) is 0. The van der Waals surface area contributed by atoms with Gasteiger partial charge in [0, 0.05) is 41.8 Å². The minimum absolute atomic E-state index is 0.0322. The third-order valence-electron chi connectivity index (χ3n) is 4.17. The van der Waals surface area contributed by atoms with Crippen molar-refractivity contribution in [1.82, 2.24) is 9.47 Å². The SMILES string of the molecule is CC(C)(C)OC(=O)N1C[C@@H]2C[C@H](C1)c1cc(Br)cc(=O)n1C2. The van der Waals surface area contributed by atoms with Gasteiger partial charge in [0.2, 0.25) is 0 Å². The number of fused-ring (bicyclic) bond motifs is 4. The molecule has 0 aliphatic carbocycles. The van der Waals surface area contributed by atoms with E-state index < -0.39 is 5.60 Å². The standard InChI is InChI=1S/C16H21BrN2O3/c1-16(2,3)22-15(21)18-7-10-4-11(9-18)13-5-12(17)6-14(20)19(13)8-10/h5-6,10-11H,4,7-9H2,1-3H3/t10-,11+/m0/s1. The fraction of sp³-hybridized carbons (Fsp3) is 0.625. The number of amides is 1. The number of nitrogens with zero attached hydrogens (tertiary/aromatic N) is 2. The molecule has 1 fully saturated rings. The third-order valence-corrected chi connectivity index (χ3v) is 4.63. The van der Waals surface area contributed by atoms with Crippen LogP contribution in [0.3, 0.4) is 0 Å². The van der Waals surface area contributed by atoms with Gasteiger partial charge in [-0.1, -0.05) is 15.9 Å². The first-order valence-electron chi connectivity index (χ1n) is 7.61. The summed E-state index contributed by atoms with van der Waals surface area (Å²) < 4.78 is 8.15. The van der Waals surface area contributed by atoms with Gasteiger partial charge in [-0.2, -0.15) is 0 Å². The number of piperidine rings is 1. The Hall–Kier alpha value is -1.30. The van der Waals surface area contributed by atoms with Crippen LogP contribution < -0.4 is 5.56 Å². The number of carbonyl (C=O) groups excluding carboxylic acids is 1. The zero-order chi connectivity index (χ0) is 16.1. The van der Waals surface area contributed by atoms with Crippen molar-refractivity contribution in [1.29, 1.82) is 0 Å². The summed E-state index contributed by atoms with van der Waals surface area (Å²) in [6.07, 6.45) is 0.767. The lowest BCUT2D eigenvalue weighted by Crippen LogP contribution is -2.50.